The predicted molar refractivity (Wildman–Crippen MR) is 99.9 cm³/mol. The number of aliphatic hydroxyl groups excluding tert-OH is 2. The van der Waals surface area contributed by atoms with Gasteiger partial charge in [0.15, 0.2) is 0 Å². The van der Waals surface area contributed by atoms with Crippen LogP contribution >= 0.6 is 0 Å². The van der Waals surface area contributed by atoms with Crippen LogP contribution in [-0.4, -0.2) is 28.6 Å². The van der Waals surface area contributed by atoms with Gasteiger partial charge in [-0.1, -0.05) is 12.5 Å². The smallest absolute Gasteiger partial charge is 0.309 e. The van der Waals surface area contributed by atoms with Crippen LogP contribution in [0.3, 0.4) is 0 Å². The molecule has 148 valence electrons. The Hall–Kier alpha value is -1.78. The quantitative estimate of drug-likeness (QED) is 0.706. The molecule has 0 aromatic carbocycles. The fraction of sp³-hybridized carbons (Fsp3) is 0.727. The second kappa shape index (κ2) is 6.11. The number of aliphatic hydroxyl groups is 2. The molecule has 2 N–H and O–H groups in total. The summed E-state index contributed by atoms with van der Waals surface area (Å²) in [6.45, 7) is 6.49. The second-order valence-corrected chi connectivity index (χ2v) is 9.28. The maximum absolute atomic E-state index is 12.5. The summed E-state index contributed by atoms with van der Waals surface area (Å²) in [7, 11) is 0. The van der Waals surface area contributed by atoms with Gasteiger partial charge in [0.05, 0.1) is 17.9 Å². The predicted octanol–water partition coefficient (Wildman–Crippen LogP) is 4.25. The zero-order valence-corrected chi connectivity index (χ0v) is 16.5. The zero-order valence-electron chi connectivity index (χ0n) is 16.5. The number of hydrogen-bond acceptors (Lipinski definition) is 5. The third-order valence-corrected chi connectivity index (χ3v) is 8.42. The first-order valence-electron chi connectivity index (χ1n) is 10.3. The van der Waals surface area contributed by atoms with Crippen LogP contribution < -0.4 is 0 Å². The fourth-order valence-corrected chi connectivity index (χ4v) is 7.00. The second-order valence-electron chi connectivity index (χ2n) is 9.28. The van der Waals surface area contributed by atoms with Crippen molar-refractivity contribution in [3.05, 3.63) is 23.2 Å². The van der Waals surface area contributed by atoms with Gasteiger partial charge < -0.3 is 14.9 Å². The van der Waals surface area contributed by atoms with Crippen LogP contribution in [-0.2, 0) is 14.3 Å². The molecule has 0 unspecified atom stereocenters. The van der Waals surface area contributed by atoms with Gasteiger partial charge in [0.2, 0.25) is 11.5 Å². The first kappa shape index (κ1) is 18.6. The van der Waals surface area contributed by atoms with Gasteiger partial charge in [-0.25, -0.2) is 0 Å². The van der Waals surface area contributed by atoms with Crippen molar-refractivity contribution in [2.75, 3.05) is 6.61 Å². The molecule has 4 rings (SSSR count). The number of rotatable bonds is 2. The van der Waals surface area contributed by atoms with Crippen molar-refractivity contribution in [1.29, 1.82) is 0 Å². The van der Waals surface area contributed by atoms with Gasteiger partial charge in [0, 0.05) is 0 Å². The Balaban J connectivity index is 1.68. The Morgan fingerprint density at radius 1 is 1.19 bits per heavy atom. The monoisotopic (exact) mass is 374 g/mol. The molecule has 5 heteroatoms. The highest BCUT2D eigenvalue weighted by Crippen LogP contribution is 2.67. The first-order chi connectivity index (χ1) is 12.7. The van der Waals surface area contributed by atoms with Crippen molar-refractivity contribution >= 4 is 11.8 Å². The van der Waals surface area contributed by atoms with Crippen LogP contribution in [0.5, 0.6) is 0 Å². The highest BCUT2D eigenvalue weighted by Gasteiger charge is 2.62. The highest BCUT2D eigenvalue weighted by molar-refractivity contribution is 6.04. The molecule has 4 aliphatic carbocycles. The molecule has 0 spiro atoms. The van der Waals surface area contributed by atoms with Crippen molar-refractivity contribution < 1.29 is 24.5 Å². The van der Waals surface area contributed by atoms with E-state index in [2.05, 4.69) is 6.92 Å². The van der Waals surface area contributed by atoms with Gasteiger partial charge in [0.25, 0.3) is 0 Å². The lowest BCUT2D eigenvalue weighted by molar-refractivity contribution is -0.155. The molecule has 0 saturated heterocycles. The molecule has 3 saturated carbocycles. The topological polar surface area (TPSA) is 83.8 Å². The molecule has 3 fully saturated rings. The molecule has 27 heavy (non-hydrogen) atoms. The summed E-state index contributed by atoms with van der Waals surface area (Å²) in [4.78, 5) is 24.5. The molecule has 6 atom stereocenters. The molecule has 0 aromatic rings. The molecular weight excluding hydrogens is 344 g/mol. The van der Waals surface area contributed by atoms with E-state index < -0.39 is 17.0 Å². The SMILES string of the molecule is CCOC(=O)[C@H]1CC[C@H]2[C@@H]3CCC4=CC(=O)C(O)=C(O)[C@]4(C)[C@H]3CC[C@]12C. The van der Waals surface area contributed by atoms with E-state index in [1.165, 1.54) is 6.08 Å². The van der Waals surface area contributed by atoms with Crippen LogP contribution in [0.1, 0.15) is 59.3 Å². The number of carbonyl (C=O) groups is 2. The summed E-state index contributed by atoms with van der Waals surface area (Å²) in [6.07, 6.45) is 6.94. The number of hydrogen-bond donors (Lipinski definition) is 2. The maximum Gasteiger partial charge on any atom is 0.309 e. The van der Waals surface area contributed by atoms with Crippen molar-refractivity contribution in [2.24, 2.45) is 34.5 Å². The van der Waals surface area contributed by atoms with Crippen LogP contribution in [0.25, 0.3) is 0 Å². The van der Waals surface area contributed by atoms with Crippen molar-refractivity contribution in [2.45, 2.75) is 59.3 Å². The lowest BCUT2D eigenvalue weighted by Gasteiger charge is -2.57. The lowest BCUT2D eigenvalue weighted by atomic mass is 9.47. The number of esters is 1. The normalized spacial score (nSPS) is 43.5. The molecule has 0 amide bonds. The van der Waals surface area contributed by atoms with Crippen molar-refractivity contribution in [1.82, 2.24) is 0 Å². The van der Waals surface area contributed by atoms with Crippen molar-refractivity contribution in [3.8, 4) is 0 Å². The zero-order chi connectivity index (χ0) is 19.6. The Morgan fingerprint density at radius 3 is 2.63 bits per heavy atom. The standard InChI is InChI=1S/C22H30O5/c1-4-27-20(26)16-8-7-14-13-6-5-12-11-17(23)18(24)19(25)22(12,3)15(13)9-10-21(14,16)2/h11,13-16,24-25H,4-10H2,1-3H3/t13-,14-,15-,16+,21-,22-/m0/s1. The minimum Gasteiger partial charge on any atom is -0.507 e. The minimum absolute atomic E-state index is 0.0429. The molecule has 0 aliphatic heterocycles. The maximum atomic E-state index is 12.5. The first-order valence-corrected chi connectivity index (χ1v) is 10.3. The summed E-state index contributed by atoms with van der Waals surface area (Å²) in [5.41, 5.74) is 0.230. The summed E-state index contributed by atoms with van der Waals surface area (Å²) < 4.78 is 5.36. The fourth-order valence-electron chi connectivity index (χ4n) is 7.00. The molecule has 0 aromatic heterocycles. The van der Waals surface area contributed by atoms with Gasteiger partial charge in [-0.2, -0.15) is 0 Å². The number of carbonyl (C=O) groups excluding carboxylic acids is 2. The number of fused-ring (bicyclic) bond motifs is 5. The molecule has 0 bridgehead atoms. The van der Waals surface area contributed by atoms with E-state index in [9.17, 15) is 19.8 Å². The molecule has 4 aliphatic rings. The number of ketones is 1. The summed E-state index contributed by atoms with van der Waals surface area (Å²) >= 11 is 0. The summed E-state index contributed by atoms with van der Waals surface area (Å²) in [5.74, 6) is -0.251. The van der Waals surface area contributed by atoms with Crippen molar-refractivity contribution in [3.63, 3.8) is 0 Å². The van der Waals surface area contributed by atoms with Crippen LogP contribution in [0.2, 0.25) is 0 Å². The highest BCUT2D eigenvalue weighted by atomic mass is 16.5. The van der Waals surface area contributed by atoms with E-state index in [4.69, 9.17) is 4.74 Å². The van der Waals surface area contributed by atoms with Gasteiger partial charge in [-0.05, 0) is 81.6 Å². The largest absolute Gasteiger partial charge is 0.507 e. The third kappa shape index (κ3) is 2.36. The van der Waals surface area contributed by atoms with Gasteiger partial charge in [0.1, 0.15) is 5.76 Å². The summed E-state index contributed by atoms with van der Waals surface area (Å²) in [5, 5.41) is 20.9. The van der Waals surface area contributed by atoms with Gasteiger partial charge in [-0.3, -0.25) is 9.59 Å². The van der Waals surface area contributed by atoms with E-state index in [0.717, 1.165) is 44.1 Å². The number of ether oxygens (including phenoxy) is 1. The van der Waals surface area contributed by atoms with Gasteiger partial charge in [-0.15, -0.1) is 0 Å². The van der Waals surface area contributed by atoms with Gasteiger partial charge >= 0.3 is 5.97 Å². The molecule has 0 heterocycles. The van der Waals surface area contributed by atoms with E-state index in [1.807, 2.05) is 13.8 Å². The molecule has 5 nitrogen and oxygen atoms in total. The van der Waals surface area contributed by atoms with Crippen LogP contribution in [0.4, 0.5) is 0 Å². The Morgan fingerprint density at radius 2 is 1.93 bits per heavy atom. The average Bonchev–Trinajstić information content (AvgIpc) is 2.99. The average molecular weight is 374 g/mol. The van der Waals surface area contributed by atoms with E-state index in [-0.39, 0.29) is 29.0 Å². The molecular formula is C22H30O5. The minimum atomic E-state index is -0.662. The van der Waals surface area contributed by atoms with E-state index >= 15 is 0 Å². The third-order valence-electron chi connectivity index (χ3n) is 8.42. The summed E-state index contributed by atoms with van der Waals surface area (Å²) in [6, 6.07) is 0. The molecule has 0 radical (unpaired) electrons. The van der Waals surface area contributed by atoms with E-state index in [1.54, 1.807) is 0 Å². The van der Waals surface area contributed by atoms with E-state index in [0.29, 0.717) is 18.4 Å². The van der Waals surface area contributed by atoms with Crippen LogP contribution in [0, 0.1) is 34.5 Å². The Kier molecular flexibility index (Phi) is 4.21. The Bertz CT molecular complexity index is 750. The lowest BCUT2D eigenvalue weighted by Crippen LogP contribution is -2.52. The van der Waals surface area contributed by atoms with Crippen LogP contribution in [0.15, 0.2) is 23.2 Å². The number of allylic oxidation sites excluding steroid dienone is 2. The Labute approximate surface area is 160 Å².